The van der Waals surface area contributed by atoms with Gasteiger partial charge in [0, 0.05) is 45.2 Å². The Balaban J connectivity index is 1.46. The summed E-state index contributed by atoms with van der Waals surface area (Å²) in [7, 11) is 0. The van der Waals surface area contributed by atoms with Gasteiger partial charge in [-0.05, 0) is 5.56 Å². The molecule has 1 aromatic rings. The summed E-state index contributed by atoms with van der Waals surface area (Å²) in [6.45, 7) is 4.68. The molecule has 2 fully saturated rings. The van der Waals surface area contributed by atoms with Crippen LogP contribution in [0.5, 0.6) is 0 Å². The first kappa shape index (κ1) is 16.4. The second-order valence-corrected chi connectivity index (χ2v) is 6.31. The largest absolute Gasteiger partial charge is 0.391 e. The number of β-amino-alcohol motifs (C(OH)–C–C–N with tert-alkyl or cyclic N) is 1. The summed E-state index contributed by atoms with van der Waals surface area (Å²) in [4.78, 5) is 14.5. The molecule has 126 valence electrons. The fourth-order valence-corrected chi connectivity index (χ4v) is 3.12. The molecule has 2 heterocycles. The van der Waals surface area contributed by atoms with Crippen LogP contribution in [0.15, 0.2) is 30.3 Å². The van der Waals surface area contributed by atoms with Gasteiger partial charge in [0.25, 0.3) is 0 Å². The van der Waals surface area contributed by atoms with Gasteiger partial charge in [-0.2, -0.15) is 0 Å². The van der Waals surface area contributed by atoms with Crippen molar-refractivity contribution in [3.05, 3.63) is 35.9 Å². The second kappa shape index (κ2) is 7.88. The maximum Gasteiger partial charge on any atom is 0.250 e. The Morgan fingerprint density at radius 2 is 2.17 bits per heavy atom. The molecule has 0 radical (unpaired) electrons. The van der Waals surface area contributed by atoms with Crippen molar-refractivity contribution in [2.45, 2.75) is 18.8 Å². The average Bonchev–Trinajstić information content (AvgIpc) is 2.99. The highest BCUT2D eigenvalue weighted by Gasteiger charge is 2.29. The Morgan fingerprint density at radius 3 is 2.91 bits per heavy atom. The van der Waals surface area contributed by atoms with Gasteiger partial charge in [-0.15, -0.1) is 0 Å². The fraction of sp³-hybridized carbons (Fsp3) is 0.588. The molecule has 6 nitrogen and oxygen atoms in total. The van der Waals surface area contributed by atoms with Crippen molar-refractivity contribution >= 4 is 5.91 Å². The van der Waals surface area contributed by atoms with Crippen molar-refractivity contribution in [1.82, 2.24) is 15.5 Å². The van der Waals surface area contributed by atoms with Gasteiger partial charge in [0.15, 0.2) is 0 Å². The summed E-state index contributed by atoms with van der Waals surface area (Å²) in [6, 6.07) is 10.3. The molecular formula is C17H25N3O3. The summed E-state index contributed by atoms with van der Waals surface area (Å²) in [5.74, 6) is 0.00447. The van der Waals surface area contributed by atoms with Crippen molar-refractivity contribution < 1.29 is 14.6 Å². The van der Waals surface area contributed by atoms with Crippen LogP contribution in [-0.4, -0.2) is 67.5 Å². The third-order valence-corrected chi connectivity index (χ3v) is 4.53. The first-order chi connectivity index (χ1) is 11.2. The Hall–Kier alpha value is -1.47. The lowest BCUT2D eigenvalue weighted by Gasteiger charge is -2.32. The van der Waals surface area contributed by atoms with Gasteiger partial charge in [0.1, 0.15) is 6.10 Å². The van der Waals surface area contributed by atoms with E-state index in [2.05, 4.69) is 27.7 Å². The molecule has 1 aromatic carbocycles. The number of benzene rings is 1. The van der Waals surface area contributed by atoms with E-state index in [1.54, 1.807) is 0 Å². The van der Waals surface area contributed by atoms with Crippen molar-refractivity contribution in [2.75, 3.05) is 39.3 Å². The highest BCUT2D eigenvalue weighted by atomic mass is 16.5. The number of carbonyl (C=O) groups is 1. The Labute approximate surface area is 136 Å². The monoisotopic (exact) mass is 319 g/mol. The van der Waals surface area contributed by atoms with Crippen LogP contribution in [0.2, 0.25) is 0 Å². The number of hydrogen-bond donors (Lipinski definition) is 3. The number of rotatable bonds is 5. The van der Waals surface area contributed by atoms with Crippen LogP contribution in [0, 0.1) is 5.92 Å². The average molecular weight is 319 g/mol. The molecule has 2 saturated heterocycles. The standard InChI is InChI=1S/C17H25N3O3/c21-15-10-18-8-14(15)9-19-17(22)16-12-20(6-7-23-16)11-13-4-2-1-3-5-13/h1-5,14-16,18,21H,6-12H2,(H,19,22). The maximum absolute atomic E-state index is 12.3. The molecule has 0 spiro atoms. The minimum absolute atomic E-state index is 0.0816. The van der Waals surface area contributed by atoms with Crippen molar-refractivity contribution in [1.29, 1.82) is 0 Å². The summed E-state index contributed by atoms with van der Waals surface area (Å²) in [5, 5.41) is 15.8. The Morgan fingerprint density at radius 1 is 1.35 bits per heavy atom. The van der Waals surface area contributed by atoms with Gasteiger partial charge >= 0.3 is 0 Å². The zero-order chi connectivity index (χ0) is 16.1. The van der Waals surface area contributed by atoms with E-state index in [4.69, 9.17) is 4.74 Å². The van der Waals surface area contributed by atoms with Gasteiger partial charge in [0.2, 0.25) is 5.91 Å². The number of hydrogen-bond acceptors (Lipinski definition) is 5. The zero-order valence-electron chi connectivity index (χ0n) is 13.3. The summed E-state index contributed by atoms with van der Waals surface area (Å²) in [6.07, 6.45) is -0.809. The number of nitrogens with zero attached hydrogens (tertiary/aromatic N) is 1. The second-order valence-electron chi connectivity index (χ2n) is 6.31. The molecule has 0 bridgehead atoms. The molecule has 6 heteroatoms. The molecule has 2 aliphatic rings. The smallest absolute Gasteiger partial charge is 0.250 e. The van der Waals surface area contributed by atoms with Crippen LogP contribution in [-0.2, 0) is 16.1 Å². The first-order valence-corrected chi connectivity index (χ1v) is 8.27. The molecule has 3 unspecified atom stereocenters. The van der Waals surface area contributed by atoms with Crippen LogP contribution >= 0.6 is 0 Å². The molecule has 3 atom stereocenters. The van der Waals surface area contributed by atoms with Gasteiger partial charge in [-0.1, -0.05) is 30.3 Å². The van der Waals surface area contributed by atoms with Crippen LogP contribution in [0.25, 0.3) is 0 Å². The topological polar surface area (TPSA) is 73.8 Å². The highest BCUT2D eigenvalue weighted by molar-refractivity contribution is 5.81. The van der Waals surface area contributed by atoms with Gasteiger partial charge in [-0.3, -0.25) is 9.69 Å². The van der Waals surface area contributed by atoms with E-state index in [0.717, 1.165) is 19.6 Å². The van der Waals surface area contributed by atoms with Crippen LogP contribution in [0.1, 0.15) is 5.56 Å². The molecule has 2 aliphatic heterocycles. The van der Waals surface area contributed by atoms with E-state index < -0.39 is 6.10 Å². The first-order valence-electron chi connectivity index (χ1n) is 8.27. The van der Waals surface area contributed by atoms with Gasteiger partial charge < -0.3 is 20.5 Å². The molecule has 3 rings (SSSR count). The minimum Gasteiger partial charge on any atom is -0.391 e. The number of aliphatic hydroxyl groups is 1. The van der Waals surface area contributed by atoms with Crippen LogP contribution in [0.4, 0.5) is 0 Å². The molecule has 0 aliphatic carbocycles. The highest BCUT2D eigenvalue weighted by Crippen LogP contribution is 2.11. The van der Waals surface area contributed by atoms with Crippen LogP contribution in [0.3, 0.4) is 0 Å². The van der Waals surface area contributed by atoms with E-state index in [0.29, 0.717) is 26.2 Å². The summed E-state index contributed by atoms with van der Waals surface area (Å²) < 4.78 is 5.62. The number of carbonyl (C=O) groups excluding carboxylic acids is 1. The third-order valence-electron chi connectivity index (χ3n) is 4.53. The molecule has 0 aromatic heterocycles. The summed E-state index contributed by atoms with van der Waals surface area (Å²) in [5.41, 5.74) is 1.24. The third kappa shape index (κ3) is 4.51. The lowest BCUT2D eigenvalue weighted by molar-refractivity contribution is -0.139. The molecule has 0 saturated carbocycles. The van der Waals surface area contributed by atoms with E-state index in [1.807, 2.05) is 18.2 Å². The minimum atomic E-state index is -0.432. The predicted molar refractivity (Wildman–Crippen MR) is 86.8 cm³/mol. The quantitative estimate of drug-likeness (QED) is 0.688. The number of nitrogens with one attached hydrogen (secondary N) is 2. The van der Waals surface area contributed by atoms with Crippen molar-refractivity contribution in [3.8, 4) is 0 Å². The number of aliphatic hydroxyl groups excluding tert-OH is 1. The number of amides is 1. The SMILES string of the molecule is O=C(NCC1CNCC1O)C1CN(Cc2ccccc2)CCO1. The Kier molecular flexibility index (Phi) is 5.61. The van der Waals surface area contributed by atoms with Crippen molar-refractivity contribution in [3.63, 3.8) is 0 Å². The number of morpholine rings is 1. The maximum atomic E-state index is 12.3. The lowest BCUT2D eigenvalue weighted by Crippen LogP contribution is -2.50. The van der Waals surface area contributed by atoms with Gasteiger partial charge in [-0.25, -0.2) is 0 Å². The van der Waals surface area contributed by atoms with Crippen molar-refractivity contribution in [2.24, 2.45) is 5.92 Å². The Bertz CT molecular complexity index is 511. The van der Waals surface area contributed by atoms with E-state index in [1.165, 1.54) is 5.56 Å². The van der Waals surface area contributed by atoms with E-state index in [9.17, 15) is 9.90 Å². The predicted octanol–water partition coefficient (Wildman–Crippen LogP) is -0.416. The van der Waals surface area contributed by atoms with Gasteiger partial charge in [0.05, 0.1) is 12.7 Å². The summed E-state index contributed by atoms with van der Waals surface area (Å²) >= 11 is 0. The molecule has 23 heavy (non-hydrogen) atoms. The zero-order valence-corrected chi connectivity index (χ0v) is 13.3. The van der Waals surface area contributed by atoms with Crippen LogP contribution < -0.4 is 10.6 Å². The van der Waals surface area contributed by atoms with E-state index >= 15 is 0 Å². The lowest BCUT2D eigenvalue weighted by atomic mass is 10.1. The molecule has 3 N–H and O–H groups in total. The fourth-order valence-electron chi connectivity index (χ4n) is 3.12. The molecular weight excluding hydrogens is 294 g/mol. The molecule has 1 amide bonds. The number of ether oxygens (including phenoxy) is 1. The normalized spacial score (nSPS) is 28.7. The van der Waals surface area contributed by atoms with E-state index in [-0.39, 0.29) is 17.9 Å².